The predicted molar refractivity (Wildman–Crippen MR) is 113 cm³/mol. The molecule has 3 rings (SSSR count). The molecule has 0 aliphatic heterocycles. The summed E-state index contributed by atoms with van der Waals surface area (Å²) in [4.78, 5) is 0. The molecule has 24 heavy (non-hydrogen) atoms. The molecular formula is C20H28Cl2SiZr-4. The van der Waals surface area contributed by atoms with E-state index in [0.717, 1.165) is 6.42 Å². The fourth-order valence-electron chi connectivity index (χ4n) is 1.97. The van der Waals surface area contributed by atoms with E-state index in [4.69, 9.17) is 0 Å². The first-order valence-electron chi connectivity index (χ1n) is 6.69. The summed E-state index contributed by atoms with van der Waals surface area (Å²) in [6.07, 6.45) is 8.37. The Labute approximate surface area is 178 Å². The van der Waals surface area contributed by atoms with Crippen LogP contribution in [0.15, 0.2) is 60.2 Å². The van der Waals surface area contributed by atoms with Crippen molar-refractivity contribution in [3.8, 4) is 0 Å². The zero-order valence-corrected chi connectivity index (χ0v) is 20.3. The van der Waals surface area contributed by atoms with Gasteiger partial charge >= 0.3 is 30.2 Å². The molecule has 0 saturated carbocycles. The number of hydrogen-bond acceptors (Lipinski definition) is 0. The van der Waals surface area contributed by atoms with Gasteiger partial charge in [0.1, 0.15) is 0 Å². The van der Waals surface area contributed by atoms with Crippen LogP contribution in [0.5, 0.6) is 0 Å². The zero-order chi connectivity index (χ0) is 15.0. The Morgan fingerprint density at radius 2 is 1.62 bits per heavy atom. The first-order valence-corrected chi connectivity index (χ1v) is 10.9. The van der Waals surface area contributed by atoms with Gasteiger partial charge in [-0.1, -0.05) is 26.8 Å². The molecular weight excluding hydrogens is 430 g/mol. The second kappa shape index (κ2) is 16.5. The van der Waals surface area contributed by atoms with E-state index in [2.05, 4.69) is 82.3 Å². The van der Waals surface area contributed by atoms with Gasteiger partial charge in [-0.2, -0.15) is 23.1 Å². The number of fused-ring (bicyclic) bond motifs is 1. The van der Waals surface area contributed by atoms with Crippen LogP contribution >= 0.6 is 24.8 Å². The van der Waals surface area contributed by atoms with Crippen LogP contribution in [-0.4, -0.2) is 6.88 Å². The van der Waals surface area contributed by atoms with Gasteiger partial charge in [0.2, 0.25) is 0 Å². The van der Waals surface area contributed by atoms with Gasteiger partial charge in [-0.15, -0.1) is 60.9 Å². The van der Waals surface area contributed by atoms with Crippen molar-refractivity contribution in [2.24, 2.45) is 5.41 Å². The molecule has 0 nitrogen and oxygen atoms in total. The van der Waals surface area contributed by atoms with E-state index in [9.17, 15) is 0 Å². The van der Waals surface area contributed by atoms with Crippen LogP contribution < -0.4 is 0 Å². The van der Waals surface area contributed by atoms with Gasteiger partial charge < -0.3 is 14.9 Å². The molecule has 2 radical (unpaired) electrons. The molecule has 0 unspecified atom stereocenters. The van der Waals surface area contributed by atoms with Crippen molar-refractivity contribution in [1.82, 2.24) is 0 Å². The second-order valence-corrected chi connectivity index (χ2v) is 5.64. The molecule has 134 valence electrons. The molecule has 1 aliphatic rings. The maximum atomic E-state index is 3.16. The Hall–Kier alpha value is -0.0100. The molecule has 2 aromatic carbocycles. The maximum Gasteiger partial charge on any atom is -0.0809 e. The van der Waals surface area contributed by atoms with Crippen LogP contribution in [0.4, 0.5) is 0 Å². The summed E-state index contributed by atoms with van der Waals surface area (Å²) in [6, 6.07) is 14.7. The van der Waals surface area contributed by atoms with Crippen LogP contribution in [0.25, 0.3) is 10.8 Å². The van der Waals surface area contributed by atoms with E-state index in [1.165, 1.54) is 39.7 Å². The van der Waals surface area contributed by atoms with Crippen molar-refractivity contribution in [3.63, 3.8) is 0 Å². The quantitative estimate of drug-likeness (QED) is 0.307. The largest absolute Gasteiger partial charge is 0.168 e. The summed E-state index contributed by atoms with van der Waals surface area (Å²) in [6.45, 7) is 9.77. The fraction of sp³-hybridized carbons (Fsp3) is 0.250. The molecule has 0 amide bonds. The van der Waals surface area contributed by atoms with Crippen molar-refractivity contribution in [2.45, 2.75) is 27.2 Å². The van der Waals surface area contributed by atoms with Crippen LogP contribution in [-0.2, 0) is 23.3 Å². The Morgan fingerprint density at radius 1 is 1.04 bits per heavy atom. The van der Waals surface area contributed by atoms with Crippen LogP contribution in [0.1, 0.15) is 27.2 Å². The molecule has 4 heteroatoms. The maximum absolute atomic E-state index is 3.16. The minimum Gasteiger partial charge on any atom is -0.168 e. The van der Waals surface area contributed by atoms with Gasteiger partial charge in [-0.05, 0) is 5.41 Å². The molecule has 0 atom stereocenters. The van der Waals surface area contributed by atoms with Gasteiger partial charge in [0, 0.05) is 0 Å². The second-order valence-electron chi connectivity index (χ2n) is 5.64. The number of allylic oxidation sites excluding steroid dienone is 4. The smallest absolute Gasteiger partial charge is 0.0809 e. The predicted octanol–water partition coefficient (Wildman–Crippen LogP) is 6.64. The van der Waals surface area contributed by atoms with Crippen molar-refractivity contribution in [2.75, 3.05) is 0 Å². The van der Waals surface area contributed by atoms with Gasteiger partial charge in [-0.3, -0.25) is 6.08 Å². The fourth-order valence-corrected chi connectivity index (χ4v) is 1.97. The van der Waals surface area contributed by atoms with E-state index in [0.29, 0.717) is 5.41 Å². The van der Waals surface area contributed by atoms with E-state index in [-0.39, 0.29) is 39.7 Å². The van der Waals surface area contributed by atoms with Gasteiger partial charge in [0.15, 0.2) is 0 Å². The molecule has 0 bridgehead atoms. The van der Waals surface area contributed by atoms with Crippen molar-refractivity contribution in [3.05, 3.63) is 81.1 Å². The van der Waals surface area contributed by atoms with E-state index < -0.39 is 0 Å². The summed E-state index contributed by atoms with van der Waals surface area (Å²) in [5, 5.41) is 2.66. The molecule has 0 fully saturated rings. The molecule has 1 aliphatic carbocycles. The molecule has 0 N–H and O–H groups in total. The van der Waals surface area contributed by atoms with E-state index in [1.807, 2.05) is 6.08 Å². The number of rotatable bonds is 0. The van der Waals surface area contributed by atoms with E-state index >= 15 is 0 Å². The summed E-state index contributed by atoms with van der Waals surface area (Å²) < 4.78 is 0. The Bertz CT molecular complexity index is 565. The van der Waals surface area contributed by atoms with Crippen LogP contribution in [0.2, 0.25) is 0 Å². The monoisotopic (exact) mass is 456 g/mol. The van der Waals surface area contributed by atoms with Crippen molar-refractivity contribution < 1.29 is 23.3 Å². The summed E-state index contributed by atoms with van der Waals surface area (Å²) in [5.41, 5.74) is 1.84. The Morgan fingerprint density at radius 3 is 2.04 bits per heavy atom. The van der Waals surface area contributed by atoms with E-state index in [1.54, 1.807) is 0 Å². The Kier molecular flexibility index (Phi) is 21.8. The molecule has 0 saturated heterocycles. The Balaban J connectivity index is -0.000000131. The first kappa shape index (κ1) is 31.7. The number of benzene rings is 1. The average Bonchev–Trinajstić information content (AvgIpc) is 3.12. The number of hydrogen-bond donors (Lipinski definition) is 0. The average molecular weight is 459 g/mol. The molecule has 0 spiro atoms. The number of halogens is 2. The third-order valence-electron chi connectivity index (χ3n) is 3.21. The summed E-state index contributed by atoms with van der Waals surface area (Å²) >= 11 is 1.36. The summed E-state index contributed by atoms with van der Waals surface area (Å²) in [5.74, 6) is 0. The van der Waals surface area contributed by atoms with Gasteiger partial charge in [-0.25, -0.2) is 12.2 Å². The minimum atomic E-state index is 0. The topological polar surface area (TPSA) is 0 Å². The minimum absolute atomic E-state index is 0. The van der Waals surface area contributed by atoms with Crippen molar-refractivity contribution >= 4 is 42.5 Å². The van der Waals surface area contributed by atoms with Crippen LogP contribution in [0, 0.1) is 26.3 Å². The first-order chi connectivity index (χ1) is 9.57. The molecule has 2 aromatic rings. The molecule has 0 heterocycles. The van der Waals surface area contributed by atoms with Crippen molar-refractivity contribution in [1.29, 1.82) is 0 Å². The van der Waals surface area contributed by atoms with Crippen LogP contribution in [0.3, 0.4) is 0 Å². The SMILES string of the molecule is CC(C)(C)C1=CC=[C-]C1.Cl.Cl.[CH3-].[CH3-].[Si]=[Zr].c1ccc2[cH-]ccc2c1. The van der Waals surface area contributed by atoms with Gasteiger partial charge in [0.25, 0.3) is 0 Å². The third kappa shape index (κ3) is 10.8. The van der Waals surface area contributed by atoms with Gasteiger partial charge in [0.05, 0.1) is 0 Å². The summed E-state index contributed by atoms with van der Waals surface area (Å²) in [7, 11) is 0. The third-order valence-corrected chi connectivity index (χ3v) is 3.21. The standard InChI is InChI=1S/C9H7.C9H13.2CH3.2ClH.Si.Zr/c1-2-5-9-7-3-6-8(9)4-1;1-9(2,3)8-6-4-5-7-8;;;;;;/h1-7H;4,6H,7H2,1-3H3;2*1H3;2*1H;;/q4*-1;;;;. The zero-order valence-electron chi connectivity index (χ0n) is 15.2. The normalized spacial score (nSPS) is 10.8. The molecule has 0 aromatic heterocycles.